The molecule has 1 nitrogen and oxygen atoms in total. The zero-order valence-corrected chi connectivity index (χ0v) is 11.0. The highest BCUT2D eigenvalue weighted by Crippen LogP contribution is 2.52. The second-order valence-electron chi connectivity index (χ2n) is 6.69. The number of hydrogen-bond acceptors (Lipinski definition) is 1. The Hall–Kier alpha value is -0.850. The maximum absolute atomic E-state index is 12.2. The van der Waals surface area contributed by atoms with E-state index in [1.54, 1.807) is 5.57 Å². The molecule has 0 heterocycles. The van der Waals surface area contributed by atoms with Gasteiger partial charge < -0.3 is 0 Å². The van der Waals surface area contributed by atoms with E-state index in [0.717, 1.165) is 24.7 Å². The number of Topliss-reactive ketones (excluding diaryl/α,β-unsaturated/α-hetero) is 1. The smallest absolute Gasteiger partial charge is 0.140 e. The van der Waals surface area contributed by atoms with E-state index in [1.807, 2.05) is 0 Å². The molecule has 4 atom stereocenters. The van der Waals surface area contributed by atoms with Crippen molar-refractivity contribution in [3.8, 4) is 0 Å². The molecule has 0 aliphatic heterocycles. The highest BCUT2D eigenvalue weighted by atomic mass is 16.1. The molecular formula is C17H22O. The lowest BCUT2D eigenvalue weighted by Crippen LogP contribution is -2.36. The maximum atomic E-state index is 12.2. The van der Waals surface area contributed by atoms with Gasteiger partial charge in [-0.15, -0.1) is 0 Å². The number of hydrogen-bond donors (Lipinski definition) is 0. The lowest BCUT2D eigenvalue weighted by atomic mass is 9.60. The van der Waals surface area contributed by atoms with Gasteiger partial charge in [-0.3, -0.25) is 4.79 Å². The Morgan fingerprint density at radius 1 is 0.889 bits per heavy atom. The third-order valence-corrected chi connectivity index (χ3v) is 5.91. The zero-order chi connectivity index (χ0) is 12.1. The molecule has 4 aliphatic carbocycles. The Balaban J connectivity index is 1.70. The van der Waals surface area contributed by atoms with Crippen LogP contribution < -0.4 is 0 Å². The van der Waals surface area contributed by atoms with Crippen molar-refractivity contribution in [3.63, 3.8) is 0 Å². The number of allylic oxidation sites excluding steroid dienone is 4. The summed E-state index contributed by atoms with van der Waals surface area (Å²) in [7, 11) is 0. The van der Waals surface area contributed by atoms with Gasteiger partial charge in [0.1, 0.15) is 5.78 Å². The molecule has 0 spiro atoms. The van der Waals surface area contributed by atoms with Gasteiger partial charge in [-0.05, 0) is 49.9 Å². The van der Waals surface area contributed by atoms with Gasteiger partial charge in [-0.25, -0.2) is 0 Å². The predicted molar refractivity (Wildman–Crippen MR) is 72.1 cm³/mol. The molecule has 0 aromatic heterocycles. The van der Waals surface area contributed by atoms with Gasteiger partial charge in [-0.1, -0.05) is 36.1 Å². The molecule has 0 saturated heterocycles. The predicted octanol–water partition coefficient (Wildman–Crippen LogP) is 4.05. The van der Waals surface area contributed by atoms with Crippen molar-refractivity contribution in [1.29, 1.82) is 0 Å². The summed E-state index contributed by atoms with van der Waals surface area (Å²) >= 11 is 0. The minimum atomic E-state index is 0.299. The first-order valence-electron chi connectivity index (χ1n) is 7.78. The van der Waals surface area contributed by atoms with Crippen LogP contribution in [0.1, 0.15) is 51.4 Å². The van der Waals surface area contributed by atoms with E-state index in [4.69, 9.17) is 0 Å². The molecule has 3 fully saturated rings. The van der Waals surface area contributed by atoms with Crippen molar-refractivity contribution in [2.45, 2.75) is 51.4 Å². The van der Waals surface area contributed by atoms with Crippen molar-refractivity contribution in [2.75, 3.05) is 0 Å². The highest BCUT2D eigenvalue weighted by Gasteiger charge is 2.45. The van der Waals surface area contributed by atoms with Crippen LogP contribution in [0.3, 0.4) is 0 Å². The highest BCUT2D eigenvalue weighted by molar-refractivity contribution is 5.88. The Morgan fingerprint density at radius 3 is 2.72 bits per heavy atom. The summed E-state index contributed by atoms with van der Waals surface area (Å²) < 4.78 is 0. The van der Waals surface area contributed by atoms with Crippen molar-refractivity contribution in [2.24, 2.45) is 23.7 Å². The van der Waals surface area contributed by atoms with Gasteiger partial charge in [0, 0.05) is 12.3 Å². The molecule has 0 aromatic carbocycles. The average Bonchev–Trinajstić information content (AvgIpc) is 2.80. The number of fused-ring (bicyclic) bond motifs is 5. The number of rotatable bonds is 0. The van der Waals surface area contributed by atoms with Gasteiger partial charge in [0.25, 0.3) is 0 Å². The molecule has 18 heavy (non-hydrogen) atoms. The normalized spacial score (nSPS) is 42.6. The Bertz CT molecular complexity index is 443. The molecule has 4 rings (SSSR count). The molecule has 0 aromatic rings. The molecule has 3 saturated carbocycles. The number of carbonyl (C=O) groups is 1. The summed E-state index contributed by atoms with van der Waals surface area (Å²) in [5.74, 6) is 3.19. The van der Waals surface area contributed by atoms with E-state index < -0.39 is 0 Å². The van der Waals surface area contributed by atoms with Crippen molar-refractivity contribution >= 4 is 5.78 Å². The van der Waals surface area contributed by atoms with E-state index in [-0.39, 0.29) is 0 Å². The van der Waals surface area contributed by atoms with Crippen LogP contribution in [-0.2, 0) is 4.79 Å². The first-order chi connectivity index (χ1) is 8.84. The van der Waals surface area contributed by atoms with E-state index in [0.29, 0.717) is 17.6 Å². The van der Waals surface area contributed by atoms with Crippen molar-refractivity contribution in [1.82, 2.24) is 0 Å². The molecule has 96 valence electrons. The van der Waals surface area contributed by atoms with Crippen LogP contribution in [-0.4, -0.2) is 5.78 Å². The number of carbonyl (C=O) groups excluding carboxylic acids is 1. The average molecular weight is 242 g/mol. The van der Waals surface area contributed by atoms with Gasteiger partial charge >= 0.3 is 0 Å². The van der Waals surface area contributed by atoms with Crippen LogP contribution in [0.2, 0.25) is 0 Å². The lowest BCUT2D eigenvalue weighted by Gasteiger charge is -2.44. The Labute approximate surface area is 109 Å². The third-order valence-electron chi connectivity index (χ3n) is 5.91. The summed E-state index contributed by atoms with van der Waals surface area (Å²) in [5.41, 5.74) is 3.11. The second-order valence-corrected chi connectivity index (χ2v) is 6.69. The van der Waals surface area contributed by atoms with Gasteiger partial charge in [0.15, 0.2) is 0 Å². The van der Waals surface area contributed by atoms with Gasteiger partial charge in [-0.2, -0.15) is 0 Å². The summed E-state index contributed by atoms with van der Waals surface area (Å²) in [5, 5.41) is 0. The summed E-state index contributed by atoms with van der Waals surface area (Å²) in [6, 6.07) is 0. The summed E-state index contributed by atoms with van der Waals surface area (Å²) in [6.45, 7) is 0. The van der Waals surface area contributed by atoms with E-state index in [2.05, 4.69) is 12.2 Å². The Morgan fingerprint density at radius 2 is 1.78 bits per heavy atom. The fourth-order valence-corrected chi connectivity index (χ4v) is 5.09. The summed E-state index contributed by atoms with van der Waals surface area (Å²) in [6.07, 6.45) is 14.9. The molecule has 0 bridgehead atoms. The molecular weight excluding hydrogens is 220 g/mol. The van der Waals surface area contributed by atoms with Gasteiger partial charge in [0.05, 0.1) is 0 Å². The lowest BCUT2D eigenvalue weighted by molar-refractivity contribution is -0.121. The van der Waals surface area contributed by atoms with Gasteiger partial charge in [0.2, 0.25) is 0 Å². The van der Waals surface area contributed by atoms with Crippen LogP contribution >= 0.6 is 0 Å². The van der Waals surface area contributed by atoms with E-state index >= 15 is 0 Å². The second kappa shape index (κ2) is 4.08. The van der Waals surface area contributed by atoms with E-state index in [9.17, 15) is 4.79 Å². The van der Waals surface area contributed by atoms with Crippen LogP contribution in [0.5, 0.6) is 0 Å². The largest absolute Gasteiger partial charge is 0.299 e. The third kappa shape index (κ3) is 1.49. The number of ketones is 1. The SMILES string of the molecule is O=C1CCC2=CC=C3C4CCCCC4CCC3C12. The standard InChI is InChI=1S/C17H22O/c18-16-10-7-12-6-8-14-13-4-2-1-3-11(13)5-9-15(14)17(12)16/h6,8,11,13,15,17H,1-5,7,9-10H2. The maximum Gasteiger partial charge on any atom is 0.140 e. The molecule has 0 N–H and O–H groups in total. The molecule has 4 aliphatic rings. The Kier molecular flexibility index (Phi) is 2.50. The van der Waals surface area contributed by atoms with E-state index in [1.165, 1.54) is 44.1 Å². The van der Waals surface area contributed by atoms with Crippen LogP contribution in [0, 0.1) is 23.7 Å². The molecule has 0 amide bonds. The zero-order valence-electron chi connectivity index (χ0n) is 11.0. The fraction of sp³-hybridized carbons (Fsp3) is 0.706. The summed E-state index contributed by atoms with van der Waals surface area (Å²) in [4.78, 5) is 12.2. The van der Waals surface area contributed by atoms with Crippen LogP contribution in [0.4, 0.5) is 0 Å². The first-order valence-corrected chi connectivity index (χ1v) is 7.78. The monoisotopic (exact) mass is 242 g/mol. The van der Waals surface area contributed by atoms with Crippen LogP contribution in [0.15, 0.2) is 23.3 Å². The quantitative estimate of drug-likeness (QED) is 0.626. The topological polar surface area (TPSA) is 17.1 Å². The molecule has 0 radical (unpaired) electrons. The first kappa shape index (κ1) is 11.0. The minimum Gasteiger partial charge on any atom is -0.299 e. The minimum absolute atomic E-state index is 0.299. The van der Waals surface area contributed by atoms with Crippen LogP contribution in [0.25, 0.3) is 0 Å². The molecule has 1 heteroatoms. The fourth-order valence-electron chi connectivity index (χ4n) is 5.09. The molecule has 4 unspecified atom stereocenters. The van der Waals surface area contributed by atoms with Crippen molar-refractivity contribution in [3.05, 3.63) is 23.3 Å². The van der Waals surface area contributed by atoms with Crippen molar-refractivity contribution < 1.29 is 4.79 Å².